The molecule has 0 aliphatic carbocycles. The maximum absolute atomic E-state index is 12.1. The number of nitrogens with one attached hydrogen (secondary N) is 1. The Labute approximate surface area is 163 Å². The number of likely N-dealkylation sites (N-methyl/N-ethyl adjacent to an activating group) is 1. The minimum absolute atomic E-state index is 0.371. The Kier molecular flexibility index (Phi) is 5.77. The normalized spacial score (nSPS) is 14.8. The molecule has 146 valence electrons. The molecule has 1 amide bonds. The predicted octanol–water partition coefficient (Wildman–Crippen LogP) is 4.70. The van der Waals surface area contributed by atoms with E-state index in [4.69, 9.17) is 4.74 Å². The van der Waals surface area contributed by atoms with E-state index < -0.39 is 8.07 Å². The number of hydrogen-bond acceptors (Lipinski definition) is 3. The van der Waals surface area contributed by atoms with Crippen LogP contribution in [0.15, 0.2) is 30.9 Å². The standard InChI is InChI=1S/C21H31N3O2Si/c1-6-10-24-19-8-7-16(22-21(25)26-12-13-27(3,4)5)14-17(19)18-15-23(2)11-9-20(18)24/h6-8,14H,1,9-13,15H2,2-5H3,(H,22,25). The van der Waals surface area contributed by atoms with Gasteiger partial charge in [0.1, 0.15) is 0 Å². The highest BCUT2D eigenvalue weighted by Crippen LogP contribution is 2.32. The van der Waals surface area contributed by atoms with Gasteiger partial charge in [0.05, 0.1) is 6.61 Å². The van der Waals surface area contributed by atoms with Gasteiger partial charge in [-0.25, -0.2) is 4.79 Å². The summed E-state index contributed by atoms with van der Waals surface area (Å²) < 4.78 is 7.71. The molecule has 0 saturated heterocycles. The van der Waals surface area contributed by atoms with Crippen molar-refractivity contribution >= 4 is 30.8 Å². The molecule has 6 heteroatoms. The molecule has 1 aliphatic heterocycles. The summed E-state index contributed by atoms with van der Waals surface area (Å²) in [7, 11) is 0.949. The summed E-state index contributed by atoms with van der Waals surface area (Å²) in [5.74, 6) is 0. The van der Waals surface area contributed by atoms with Gasteiger partial charge < -0.3 is 14.2 Å². The first-order valence-corrected chi connectivity index (χ1v) is 13.4. The van der Waals surface area contributed by atoms with Gasteiger partial charge in [-0.05, 0) is 36.9 Å². The Morgan fingerprint density at radius 2 is 2.15 bits per heavy atom. The van der Waals surface area contributed by atoms with Gasteiger partial charge in [0.2, 0.25) is 0 Å². The van der Waals surface area contributed by atoms with E-state index in [-0.39, 0.29) is 6.09 Å². The molecule has 1 aromatic carbocycles. The first kappa shape index (κ1) is 19.7. The van der Waals surface area contributed by atoms with Crippen molar-refractivity contribution in [1.29, 1.82) is 0 Å². The fourth-order valence-corrected chi connectivity index (χ4v) is 4.32. The van der Waals surface area contributed by atoms with Crippen molar-refractivity contribution in [2.45, 2.75) is 45.2 Å². The fourth-order valence-electron chi connectivity index (χ4n) is 3.60. The molecule has 0 fully saturated rings. The van der Waals surface area contributed by atoms with Gasteiger partial charge in [-0.2, -0.15) is 0 Å². The number of carbonyl (C=O) groups is 1. The third-order valence-corrected chi connectivity index (χ3v) is 6.79. The number of hydrogen-bond donors (Lipinski definition) is 1. The highest BCUT2D eigenvalue weighted by Gasteiger charge is 2.22. The van der Waals surface area contributed by atoms with Crippen LogP contribution in [-0.4, -0.2) is 43.8 Å². The number of carbonyl (C=O) groups excluding carboxylic acids is 1. The zero-order valence-electron chi connectivity index (χ0n) is 17.0. The summed E-state index contributed by atoms with van der Waals surface area (Å²) in [6, 6.07) is 7.10. The highest BCUT2D eigenvalue weighted by molar-refractivity contribution is 6.76. The minimum atomic E-state index is -1.20. The molecule has 0 unspecified atom stereocenters. The lowest BCUT2D eigenvalue weighted by Crippen LogP contribution is -2.27. The molecule has 1 aliphatic rings. The quantitative estimate of drug-likeness (QED) is 0.579. The Hall–Kier alpha value is -2.05. The zero-order chi connectivity index (χ0) is 19.6. The van der Waals surface area contributed by atoms with E-state index in [0.29, 0.717) is 6.61 Å². The summed E-state index contributed by atoms with van der Waals surface area (Å²) in [5.41, 5.74) is 4.73. The number of ether oxygens (including phenoxy) is 1. The number of allylic oxidation sites excluding steroid dienone is 1. The number of anilines is 1. The molecule has 1 aromatic heterocycles. The molecule has 0 spiro atoms. The molecule has 1 N–H and O–H groups in total. The van der Waals surface area contributed by atoms with E-state index in [1.807, 2.05) is 12.1 Å². The Balaban J connectivity index is 1.81. The smallest absolute Gasteiger partial charge is 0.411 e. The largest absolute Gasteiger partial charge is 0.450 e. The predicted molar refractivity (Wildman–Crippen MR) is 115 cm³/mol. The number of nitrogens with zero attached hydrogens (tertiary/aromatic N) is 2. The van der Waals surface area contributed by atoms with Crippen LogP contribution in [0.1, 0.15) is 11.3 Å². The Morgan fingerprint density at radius 1 is 1.37 bits per heavy atom. The highest BCUT2D eigenvalue weighted by atomic mass is 28.3. The zero-order valence-corrected chi connectivity index (χ0v) is 18.0. The first-order chi connectivity index (χ1) is 12.8. The van der Waals surface area contributed by atoms with Crippen LogP contribution < -0.4 is 5.32 Å². The molecule has 2 heterocycles. The van der Waals surface area contributed by atoms with Crippen LogP contribution in [-0.2, 0) is 24.2 Å². The molecule has 0 saturated carbocycles. The Bertz CT molecular complexity index is 851. The number of benzene rings is 1. The van der Waals surface area contributed by atoms with Crippen molar-refractivity contribution in [1.82, 2.24) is 9.47 Å². The first-order valence-electron chi connectivity index (χ1n) is 9.66. The summed E-state index contributed by atoms with van der Waals surface area (Å²) >= 11 is 0. The van der Waals surface area contributed by atoms with E-state index >= 15 is 0 Å². The van der Waals surface area contributed by atoms with Crippen molar-refractivity contribution < 1.29 is 9.53 Å². The maximum atomic E-state index is 12.1. The SMILES string of the molecule is C=CCn1c2c(c3cc(NC(=O)OCC[Si](C)(C)C)ccc31)CN(C)CC2. The second-order valence-electron chi connectivity index (χ2n) is 8.62. The van der Waals surface area contributed by atoms with Crippen molar-refractivity contribution in [2.24, 2.45) is 0 Å². The lowest BCUT2D eigenvalue weighted by molar-refractivity contribution is 0.167. The second kappa shape index (κ2) is 7.90. The number of fused-ring (bicyclic) bond motifs is 3. The second-order valence-corrected chi connectivity index (χ2v) is 14.2. The van der Waals surface area contributed by atoms with Gasteiger partial charge in [-0.1, -0.05) is 25.7 Å². The lowest BCUT2D eigenvalue weighted by atomic mass is 10.0. The lowest BCUT2D eigenvalue weighted by Gasteiger charge is -2.24. The van der Waals surface area contributed by atoms with E-state index in [1.165, 1.54) is 22.2 Å². The van der Waals surface area contributed by atoms with Crippen LogP contribution in [0, 0.1) is 0 Å². The summed E-state index contributed by atoms with van der Waals surface area (Å²) in [6.45, 7) is 14.0. The summed E-state index contributed by atoms with van der Waals surface area (Å²) in [5, 5.41) is 4.10. The van der Waals surface area contributed by atoms with E-state index in [0.717, 1.165) is 37.8 Å². The van der Waals surface area contributed by atoms with E-state index in [2.05, 4.69) is 60.2 Å². The fraction of sp³-hybridized carbons (Fsp3) is 0.476. The van der Waals surface area contributed by atoms with E-state index in [9.17, 15) is 4.79 Å². The van der Waals surface area contributed by atoms with Gasteiger partial charge in [0.25, 0.3) is 0 Å². The van der Waals surface area contributed by atoms with Crippen molar-refractivity contribution in [3.63, 3.8) is 0 Å². The maximum Gasteiger partial charge on any atom is 0.411 e. The van der Waals surface area contributed by atoms with Crippen LogP contribution in [0.25, 0.3) is 10.9 Å². The minimum Gasteiger partial charge on any atom is -0.450 e. The molecule has 0 bridgehead atoms. The summed E-state index contributed by atoms with van der Waals surface area (Å²) in [6.07, 6.45) is 2.61. The molecule has 0 radical (unpaired) electrons. The monoisotopic (exact) mass is 385 g/mol. The average Bonchev–Trinajstić information content (AvgIpc) is 2.87. The van der Waals surface area contributed by atoms with Gasteiger partial charge in [0, 0.05) is 56.4 Å². The molecule has 3 rings (SSSR count). The topological polar surface area (TPSA) is 46.5 Å². The molecule has 2 aromatic rings. The van der Waals surface area contributed by atoms with E-state index in [1.54, 1.807) is 0 Å². The van der Waals surface area contributed by atoms with Crippen LogP contribution >= 0.6 is 0 Å². The van der Waals surface area contributed by atoms with Crippen LogP contribution in [0.4, 0.5) is 10.5 Å². The van der Waals surface area contributed by atoms with Crippen molar-refractivity contribution in [3.05, 3.63) is 42.1 Å². The third-order valence-electron chi connectivity index (χ3n) is 5.09. The van der Waals surface area contributed by atoms with Gasteiger partial charge in [-0.3, -0.25) is 5.32 Å². The van der Waals surface area contributed by atoms with Crippen LogP contribution in [0.5, 0.6) is 0 Å². The molecule has 0 atom stereocenters. The molecule has 27 heavy (non-hydrogen) atoms. The third kappa shape index (κ3) is 4.62. The van der Waals surface area contributed by atoms with Gasteiger partial charge in [-0.15, -0.1) is 6.58 Å². The van der Waals surface area contributed by atoms with Crippen LogP contribution in [0.2, 0.25) is 25.7 Å². The molecule has 5 nitrogen and oxygen atoms in total. The number of rotatable bonds is 6. The number of amides is 1. The van der Waals surface area contributed by atoms with Crippen LogP contribution in [0.3, 0.4) is 0 Å². The number of aromatic nitrogens is 1. The van der Waals surface area contributed by atoms with Crippen molar-refractivity contribution in [2.75, 3.05) is 25.5 Å². The van der Waals surface area contributed by atoms with Gasteiger partial charge in [0.15, 0.2) is 0 Å². The summed E-state index contributed by atoms with van der Waals surface area (Å²) in [4.78, 5) is 14.5. The average molecular weight is 386 g/mol. The molecular weight excluding hydrogens is 354 g/mol. The molecular formula is C21H31N3O2Si. The van der Waals surface area contributed by atoms with Gasteiger partial charge >= 0.3 is 6.09 Å². The van der Waals surface area contributed by atoms with Crippen molar-refractivity contribution in [3.8, 4) is 0 Å². The Morgan fingerprint density at radius 3 is 2.85 bits per heavy atom.